The van der Waals surface area contributed by atoms with E-state index in [9.17, 15) is 4.79 Å². The van der Waals surface area contributed by atoms with Gasteiger partial charge in [0.25, 0.3) is 5.89 Å². The maximum atomic E-state index is 12.6. The lowest BCUT2D eigenvalue weighted by Crippen LogP contribution is -2.44. The summed E-state index contributed by atoms with van der Waals surface area (Å²) < 4.78 is 10.9. The molecule has 2 amide bonds. The van der Waals surface area contributed by atoms with Gasteiger partial charge in [-0.15, -0.1) is 0 Å². The second kappa shape index (κ2) is 7.23. The number of amides is 2. The van der Waals surface area contributed by atoms with Crippen LogP contribution in [-0.4, -0.2) is 40.8 Å². The standard InChI is InChI=1S/C18H24N4O3/c1-11-6-5-7-12(2)14(11)10-22(4)18(23)20-15-8-9-24-16(15)17-19-13(3)21-25-17/h5-7,15-16H,8-10H2,1-4H3,(H,20,23)/t15-,16+/m1/s1. The molecule has 0 saturated carbocycles. The van der Waals surface area contributed by atoms with Gasteiger partial charge in [0.1, 0.15) is 0 Å². The summed E-state index contributed by atoms with van der Waals surface area (Å²) in [6.07, 6.45) is 0.327. The van der Waals surface area contributed by atoms with Crippen molar-refractivity contribution in [2.75, 3.05) is 13.7 Å². The normalized spacial score (nSPS) is 19.8. The fourth-order valence-electron chi connectivity index (χ4n) is 3.09. The Hall–Kier alpha value is -2.41. The predicted octanol–water partition coefficient (Wildman–Crippen LogP) is 2.67. The fourth-order valence-corrected chi connectivity index (χ4v) is 3.09. The van der Waals surface area contributed by atoms with Gasteiger partial charge in [-0.05, 0) is 43.9 Å². The minimum absolute atomic E-state index is 0.139. The second-order valence-corrected chi connectivity index (χ2v) is 6.54. The number of urea groups is 1. The molecule has 1 aromatic carbocycles. The number of hydrogen-bond donors (Lipinski definition) is 1. The Labute approximate surface area is 147 Å². The van der Waals surface area contributed by atoms with E-state index in [1.165, 1.54) is 16.7 Å². The molecule has 1 fully saturated rings. The lowest BCUT2D eigenvalue weighted by atomic mass is 10.0. The number of aryl methyl sites for hydroxylation is 3. The predicted molar refractivity (Wildman–Crippen MR) is 92.0 cm³/mol. The quantitative estimate of drug-likeness (QED) is 0.922. The minimum Gasteiger partial charge on any atom is -0.366 e. The number of nitrogens with zero attached hydrogens (tertiary/aromatic N) is 3. The summed E-state index contributed by atoms with van der Waals surface area (Å²) in [7, 11) is 1.79. The van der Waals surface area contributed by atoms with E-state index < -0.39 is 6.10 Å². The highest BCUT2D eigenvalue weighted by Crippen LogP contribution is 2.28. The molecule has 7 nitrogen and oxygen atoms in total. The third kappa shape index (κ3) is 3.82. The molecule has 1 aliphatic rings. The number of benzene rings is 1. The first-order valence-electron chi connectivity index (χ1n) is 8.44. The van der Waals surface area contributed by atoms with Crippen LogP contribution < -0.4 is 5.32 Å². The van der Waals surface area contributed by atoms with Crippen molar-refractivity contribution in [1.82, 2.24) is 20.4 Å². The van der Waals surface area contributed by atoms with Crippen molar-refractivity contribution in [2.24, 2.45) is 0 Å². The topological polar surface area (TPSA) is 80.5 Å². The molecule has 0 aliphatic carbocycles. The van der Waals surface area contributed by atoms with Crippen LogP contribution in [0.5, 0.6) is 0 Å². The Kier molecular flexibility index (Phi) is 5.03. The molecule has 1 saturated heterocycles. The third-order valence-electron chi connectivity index (χ3n) is 4.57. The van der Waals surface area contributed by atoms with Crippen LogP contribution in [0.3, 0.4) is 0 Å². The molecule has 1 N–H and O–H groups in total. The monoisotopic (exact) mass is 344 g/mol. The van der Waals surface area contributed by atoms with Gasteiger partial charge in [-0.25, -0.2) is 4.79 Å². The highest BCUT2D eigenvalue weighted by atomic mass is 16.5. The molecule has 134 valence electrons. The summed E-state index contributed by atoms with van der Waals surface area (Å²) in [5, 5.41) is 6.83. The largest absolute Gasteiger partial charge is 0.366 e. The molecule has 3 rings (SSSR count). The maximum Gasteiger partial charge on any atom is 0.317 e. The van der Waals surface area contributed by atoms with Gasteiger partial charge in [0.05, 0.1) is 6.04 Å². The molecule has 0 bridgehead atoms. The van der Waals surface area contributed by atoms with E-state index in [0.29, 0.717) is 24.9 Å². The SMILES string of the molecule is Cc1noc([C@H]2OCC[C@H]2NC(=O)N(C)Cc2c(C)cccc2C)n1. The molecule has 25 heavy (non-hydrogen) atoms. The van der Waals surface area contributed by atoms with E-state index >= 15 is 0 Å². The Balaban J connectivity index is 1.65. The van der Waals surface area contributed by atoms with Gasteiger partial charge in [0, 0.05) is 20.2 Å². The highest BCUT2D eigenvalue weighted by molar-refractivity contribution is 5.74. The van der Waals surface area contributed by atoms with Crippen LogP contribution in [0.4, 0.5) is 4.79 Å². The smallest absolute Gasteiger partial charge is 0.317 e. The van der Waals surface area contributed by atoms with Crippen molar-refractivity contribution >= 4 is 6.03 Å². The molecular formula is C18H24N4O3. The summed E-state index contributed by atoms with van der Waals surface area (Å²) in [6, 6.07) is 5.84. The van der Waals surface area contributed by atoms with E-state index in [4.69, 9.17) is 9.26 Å². The molecule has 2 heterocycles. The van der Waals surface area contributed by atoms with Crippen LogP contribution in [-0.2, 0) is 11.3 Å². The summed E-state index contributed by atoms with van der Waals surface area (Å²) in [5.41, 5.74) is 3.54. The Morgan fingerprint density at radius 3 is 2.68 bits per heavy atom. The van der Waals surface area contributed by atoms with Crippen molar-refractivity contribution in [1.29, 1.82) is 0 Å². The van der Waals surface area contributed by atoms with Crippen LogP contribution >= 0.6 is 0 Å². The zero-order valence-corrected chi connectivity index (χ0v) is 15.1. The zero-order chi connectivity index (χ0) is 18.0. The molecule has 1 aromatic heterocycles. The van der Waals surface area contributed by atoms with Crippen molar-refractivity contribution in [3.8, 4) is 0 Å². The third-order valence-corrected chi connectivity index (χ3v) is 4.57. The average molecular weight is 344 g/mol. The first-order valence-corrected chi connectivity index (χ1v) is 8.44. The van der Waals surface area contributed by atoms with Gasteiger partial charge in [-0.3, -0.25) is 0 Å². The average Bonchev–Trinajstić information content (AvgIpc) is 3.19. The highest BCUT2D eigenvalue weighted by Gasteiger charge is 2.35. The summed E-state index contributed by atoms with van der Waals surface area (Å²) in [5.74, 6) is 0.973. The van der Waals surface area contributed by atoms with Crippen molar-refractivity contribution in [2.45, 2.75) is 45.9 Å². The number of nitrogens with one attached hydrogen (secondary N) is 1. The number of ether oxygens (including phenoxy) is 1. The van der Waals surface area contributed by atoms with Gasteiger partial charge < -0.3 is 19.5 Å². The Morgan fingerprint density at radius 1 is 1.32 bits per heavy atom. The lowest BCUT2D eigenvalue weighted by molar-refractivity contribution is 0.0711. The van der Waals surface area contributed by atoms with Gasteiger partial charge in [0.2, 0.25) is 0 Å². The number of hydrogen-bond acceptors (Lipinski definition) is 5. The molecule has 0 spiro atoms. The van der Waals surface area contributed by atoms with Crippen LogP contribution in [0.25, 0.3) is 0 Å². The van der Waals surface area contributed by atoms with Crippen molar-refractivity contribution in [3.05, 3.63) is 46.6 Å². The van der Waals surface area contributed by atoms with Gasteiger partial charge in [-0.1, -0.05) is 23.4 Å². The van der Waals surface area contributed by atoms with Crippen LogP contribution in [0, 0.1) is 20.8 Å². The Morgan fingerprint density at radius 2 is 2.04 bits per heavy atom. The molecule has 2 atom stereocenters. The summed E-state index contributed by atoms with van der Waals surface area (Å²) in [6.45, 7) is 6.99. The molecule has 0 radical (unpaired) electrons. The zero-order valence-electron chi connectivity index (χ0n) is 15.1. The van der Waals surface area contributed by atoms with E-state index in [1.807, 2.05) is 6.07 Å². The van der Waals surface area contributed by atoms with E-state index in [2.05, 4.69) is 41.4 Å². The van der Waals surface area contributed by atoms with Crippen molar-refractivity contribution in [3.63, 3.8) is 0 Å². The van der Waals surface area contributed by atoms with Crippen LogP contribution in [0.1, 0.15) is 40.9 Å². The second-order valence-electron chi connectivity index (χ2n) is 6.54. The number of aromatic nitrogens is 2. The van der Waals surface area contributed by atoms with E-state index in [0.717, 1.165) is 6.42 Å². The van der Waals surface area contributed by atoms with Gasteiger partial charge in [0.15, 0.2) is 11.9 Å². The van der Waals surface area contributed by atoms with E-state index in [1.54, 1.807) is 18.9 Å². The number of carbonyl (C=O) groups is 1. The van der Waals surface area contributed by atoms with E-state index in [-0.39, 0.29) is 12.1 Å². The van der Waals surface area contributed by atoms with Gasteiger partial charge in [-0.2, -0.15) is 4.98 Å². The first-order chi connectivity index (χ1) is 12.0. The molecule has 2 aromatic rings. The first kappa shape index (κ1) is 17.4. The minimum atomic E-state index is -0.390. The summed E-state index contributed by atoms with van der Waals surface area (Å²) in [4.78, 5) is 18.5. The maximum absolute atomic E-state index is 12.6. The van der Waals surface area contributed by atoms with Crippen LogP contribution in [0.15, 0.2) is 22.7 Å². The van der Waals surface area contributed by atoms with Gasteiger partial charge >= 0.3 is 6.03 Å². The molecule has 1 aliphatic heterocycles. The number of carbonyl (C=O) groups excluding carboxylic acids is 1. The van der Waals surface area contributed by atoms with Crippen molar-refractivity contribution < 1.29 is 14.1 Å². The lowest BCUT2D eigenvalue weighted by Gasteiger charge is -2.24. The fraction of sp³-hybridized carbons (Fsp3) is 0.500. The van der Waals surface area contributed by atoms with Crippen LogP contribution in [0.2, 0.25) is 0 Å². The number of rotatable bonds is 4. The molecule has 7 heteroatoms. The Bertz CT molecular complexity index is 738. The summed E-state index contributed by atoms with van der Waals surface area (Å²) >= 11 is 0. The molecular weight excluding hydrogens is 320 g/mol. The molecule has 0 unspecified atom stereocenters.